The summed E-state index contributed by atoms with van der Waals surface area (Å²) in [5.74, 6) is -0.597. The van der Waals surface area contributed by atoms with Crippen LogP contribution in [0.1, 0.15) is 96.8 Å². The van der Waals surface area contributed by atoms with Gasteiger partial charge in [0.15, 0.2) is 0 Å². The standard InChI is InChI=1S/C29H40O10/c1-3-4-5-6-7-8-9-10-11-12-13-14-15-16-17-18-25(32)36-20-23(38-22(2)31)21-37-29-28(35)27(34)26(33)24(19-30)39-29/h30H,2-9,12-21H2,1H3. The summed E-state index contributed by atoms with van der Waals surface area (Å²) in [6.45, 7) is 3.30. The number of esters is 2. The molecule has 0 aromatic heterocycles. The number of aliphatic hydroxyl groups is 1. The zero-order valence-electron chi connectivity index (χ0n) is 22.8. The summed E-state index contributed by atoms with van der Waals surface area (Å²) in [4.78, 5) is 35.5. The molecule has 10 nitrogen and oxygen atoms in total. The number of hydrogen-bond acceptors (Lipinski definition) is 9. The number of carbonyl (C=O) groups is 3. The number of ether oxygens (including phenoxy) is 3. The summed E-state index contributed by atoms with van der Waals surface area (Å²) < 4.78 is 19.7. The van der Waals surface area contributed by atoms with Gasteiger partial charge in [-0.05, 0) is 19.3 Å². The van der Waals surface area contributed by atoms with Crippen LogP contribution in [0.5, 0.6) is 0 Å². The predicted octanol–water partition coefficient (Wildman–Crippen LogP) is 2.19. The lowest BCUT2D eigenvalue weighted by Crippen LogP contribution is -2.40. The molecule has 1 aliphatic rings. The average molecular weight is 549 g/mol. The number of ketones is 2. The van der Waals surface area contributed by atoms with Crippen molar-refractivity contribution in [3.8, 4) is 11.8 Å². The molecular formula is C29H40O10. The molecule has 1 heterocycles. The van der Waals surface area contributed by atoms with E-state index in [4.69, 9.17) is 23.7 Å². The van der Waals surface area contributed by atoms with E-state index < -0.39 is 60.8 Å². The molecule has 0 saturated heterocycles. The highest BCUT2D eigenvalue weighted by Gasteiger charge is 2.42. The Balaban J connectivity index is 2.24. The van der Waals surface area contributed by atoms with Crippen LogP contribution in [0.2, 0.25) is 0 Å². The highest BCUT2D eigenvalue weighted by atomic mass is 16.6. The highest BCUT2D eigenvalue weighted by Crippen LogP contribution is 2.13. The Morgan fingerprint density at radius 1 is 1.00 bits per heavy atom. The van der Waals surface area contributed by atoms with Crippen LogP contribution < -0.4 is 10.2 Å². The fourth-order valence-electron chi connectivity index (χ4n) is 3.55. The Bertz CT molecular complexity index is 922. The zero-order valence-corrected chi connectivity index (χ0v) is 22.8. The molecule has 0 fully saturated rings. The number of aliphatic hydroxyl groups excluding tert-OH is 1. The molecule has 216 valence electrons. The van der Waals surface area contributed by atoms with Crippen LogP contribution in [-0.4, -0.2) is 48.4 Å². The van der Waals surface area contributed by atoms with Gasteiger partial charge in [-0.25, -0.2) is 0 Å². The molecule has 0 aromatic rings. The maximum absolute atomic E-state index is 12.0. The smallest absolute Gasteiger partial charge is 0.575 e. The molecule has 0 aromatic carbocycles. The minimum atomic E-state index is -1.43. The summed E-state index contributed by atoms with van der Waals surface area (Å²) in [5, 5.41) is 31.8. The fourth-order valence-corrected chi connectivity index (χ4v) is 3.55. The van der Waals surface area contributed by atoms with Crippen LogP contribution in [0.25, 0.3) is 0 Å². The Hall–Kier alpha value is -3.45. The monoisotopic (exact) mass is 548 g/mol. The Kier molecular flexibility index (Phi) is 17.7. The van der Waals surface area contributed by atoms with E-state index in [2.05, 4.69) is 25.3 Å². The molecule has 0 amide bonds. The van der Waals surface area contributed by atoms with Gasteiger partial charge in [0, 0.05) is 25.0 Å². The second-order valence-electron chi connectivity index (χ2n) is 9.06. The Morgan fingerprint density at radius 3 is 2.18 bits per heavy atom. The van der Waals surface area contributed by atoms with E-state index in [0.717, 1.165) is 38.5 Å². The molecule has 39 heavy (non-hydrogen) atoms. The van der Waals surface area contributed by atoms with Gasteiger partial charge in [-0.3, -0.25) is 23.5 Å². The molecule has 0 unspecified atom stereocenters. The molecule has 0 spiro atoms. The van der Waals surface area contributed by atoms with E-state index >= 15 is 0 Å². The van der Waals surface area contributed by atoms with Crippen molar-refractivity contribution in [2.45, 2.75) is 96.8 Å². The minimum absolute atomic E-state index is 0.176. The van der Waals surface area contributed by atoms with E-state index in [1.165, 1.54) is 38.5 Å². The van der Waals surface area contributed by atoms with Crippen molar-refractivity contribution >= 4 is 23.5 Å². The summed E-state index contributed by atoms with van der Waals surface area (Å²) >= 11 is 0. The van der Waals surface area contributed by atoms with Gasteiger partial charge in [-0.15, -0.1) is 11.8 Å². The van der Waals surface area contributed by atoms with Crippen molar-refractivity contribution in [2.24, 2.45) is 0 Å². The van der Waals surface area contributed by atoms with Gasteiger partial charge in [0.1, 0.15) is 6.61 Å². The second kappa shape index (κ2) is 20.5. The molecule has 0 atom stereocenters. The lowest BCUT2D eigenvalue weighted by Gasteiger charge is -2.14. The van der Waals surface area contributed by atoms with Crippen LogP contribution in [-0.2, 0) is 33.0 Å². The van der Waals surface area contributed by atoms with Crippen LogP contribution in [0.15, 0.2) is 24.0 Å². The van der Waals surface area contributed by atoms with Gasteiger partial charge in [-0.1, -0.05) is 64.9 Å². The number of hydrogen-bond donors (Lipinski definition) is 1. The third kappa shape index (κ3) is 14.9. The summed E-state index contributed by atoms with van der Waals surface area (Å²) in [5.41, 5.74) is 0. The molecule has 0 aliphatic carbocycles. The highest BCUT2D eigenvalue weighted by molar-refractivity contribution is 6.66. The molecular weight excluding hydrogens is 508 g/mol. The van der Waals surface area contributed by atoms with Gasteiger partial charge in [0.2, 0.25) is 11.5 Å². The summed E-state index contributed by atoms with van der Waals surface area (Å²) in [6, 6.07) is 0. The van der Waals surface area contributed by atoms with Gasteiger partial charge in [0.25, 0.3) is 6.61 Å². The summed E-state index contributed by atoms with van der Waals surface area (Å²) in [6.07, 6.45) is 14.0. The maximum Gasteiger partial charge on any atom is 0.575 e. The first kappa shape index (κ1) is 33.6. The Morgan fingerprint density at radius 2 is 1.59 bits per heavy atom. The normalized spacial score (nSPS) is 14.1. The molecule has 1 aliphatic heterocycles. The minimum Gasteiger partial charge on any atom is -0.866 e. The van der Waals surface area contributed by atoms with Crippen molar-refractivity contribution < 1.29 is 48.3 Å². The maximum atomic E-state index is 12.0. The van der Waals surface area contributed by atoms with E-state index in [1.807, 2.05) is 0 Å². The lowest BCUT2D eigenvalue weighted by molar-refractivity contribution is -0.471. The second-order valence-corrected chi connectivity index (χ2v) is 9.06. The molecule has 0 radical (unpaired) electrons. The molecule has 1 rings (SSSR count). The van der Waals surface area contributed by atoms with Crippen molar-refractivity contribution in [3.63, 3.8) is 0 Å². The third-order valence-electron chi connectivity index (χ3n) is 5.69. The quantitative estimate of drug-likeness (QED) is 0.0458. The van der Waals surface area contributed by atoms with Crippen molar-refractivity contribution in [1.82, 2.24) is 0 Å². The average Bonchev–Trinajstić information content (AvgIpc) is 2.91. The van der Waals surface area contributed by atoms with Crippen LogP contribution >= 0.6 is 0 Å². The SMILES string of the molecule is C=C([O-])O[C+](COC(=O)CCCCCCCC#CCCCCCCCC)C[O+]=C1OC(CO)=C([O-])C(=O)C1=O. The van der Waals surface area contributed by atoms with E-state index in [9.17, 15) is 24.6 Å². The van der Waals surface area contributed by atoms with Gasteiger partial charge in [0.05, 0.1) is 5.95 Å². The Labute approximate surface area is 230 Å². The predicted molar refractivity (Wildman–Crippen MR) is 138 cm³/mol. The molecule has 0 saturated carbocycles. The summed E-state index contributed by atoms with van der Waals surface area (Å²) in [7, 11) is 0. The van der Waals surface area contributed by atoms with Crippen molar-refractivity contribution in [3.05, 3.63) is 30.1 Å². The van der Waals surface area contributed by atoms with Gasteiger partial charge >= 0.3 is 30.4 Å². The molecule has 10 heteroatoms. The number of rotatable bonds is 20. The van der Waals surface area contributed by atoms with Gasteiger partial charge < -0.3 is 24.8 Å². The number of allylic oxidation sites excluding steroid dienone is 1. The number of Topliss-reactive ketones (excluding diaryl/α,β-unsaturated/α-hetero) is 2. The number of unbranched alkanes of at least 4 members (excludes halogenated alkanes) is 11. The van der Waals surface area contributed by atoms with Crippen molar-refractivity contribution in [1.29, 1.82) is 0 Å². The molecule has 1 N–H and O–H groups in total. The zero-order chi connectivity index (χ0) is 28.9. The topological polar surface area (TPSA) is 157 Å². The number of cyclic esters (lactones) is 1. The van der Waals surface area contributed by atoms with E-state index in [0.29, 0.717) is 6.42 Å². The first-order chi connectivity index (χ1) is 18.8. The third-order valence-corrected chi connectivity index (χ3v) is 5.69. The first-order valence-electron chi connectivity index (χ1n) is 13.6. The van der Waals surface area contributed by atoms with Crippen LogP contribution in [0, 0.1) is 17.9 Å². The number of carbonyl (C=O) groups excluding carboxylic acids is 4. The first-order valence-corrected chi connectivity index (χ1v) is 13.6. The van der Waals surface area contributed by atoms with E-state index in [-0.39, 0.29) is 12.5 Å². The lowest BCUT2D eigenvalue weighted by atomic mass is 10.1. The largest absolute Gasteiger partial charge is 0.866 e. The van der Waals surface area contributed by atoms with Crippen LogP contribution in [0.3, 0.4) is 0 Å². The molecule has 0 bridgehead atoms. The van der Waals surface area contributed by atoms with E-state index in [1.54, 1.807) is 0 Å². The fraction of sp³-hybridized carbons (Fsp3) is 0.621. The van der Waals surface area contributed by atoms with Gasteiger partial charge in [-0.2, -0.15) is 0 Å². The van der Waals surface area contributed by atoms with Crippen molar-refractivity contribution in [2.75, 3.05) is 19.8 Å². The van der Waals surface area contributed by atoms with Crippen LogP contribution in [0.4, 0.5) is 0 Å².